The minimum Gasteiger partial charge on any atom is -0.494 e. The molecule has 2 aromatic rings. The smallest absolute Gasteiger partial charge is 0.408 e. The average Bonchev–Trinajstić information content (AvgIpc) is 2.72. The van der Waals surface area contributed by atoms with E-state index >= 15 is 0 Å². The number of nitrogens with one attached hydrogen (secondary N) is 2. The largest absolute Gasteiger partial charge is 0.494 e. The molecular weight excluding hydrogens is 396 g/mol. The van der Waals surface area contributed by atoms with E-state index in [1.54, 1.807) is 24.3 Å². The van der Waals surface area contributed by atoms with E-state index in [-0.39, 0.29) is 12.1 Å². The van der Waals surface area contributed by atoms with Crippen molar-refractivity contribution in [2.45, 2.75) is 51.8 Å². The molecule has 0 fully saturated rings. The Hall–Kier alpha value is -3.06. The first-order valence-electron chi connectivity index (χ1n) is 10.3. The molecule has 1 atom stereocenters. The van der Waals surface area contributed by atoms with Crippen LogP contribution in [0.1, 0.15) is 45.2 Å². The Bertz CT molecular complexity index is 847. The monoisotopic (exact) mass is 428 g/mol. The van der Waals surface area contributed by atoms with Gasteiger partial charge in [-0.3, -0.25) is 0 Å². The van der Waals surface area contributed by atoms with Crippen LogP contribution in [0.15, 0.2) is 54.6 Å². The van der Waals surface area contributed by atoms with Gasteiger partial charge in [0.2, 0.25) is 0 Å². The third-order valence-corrected chi connectivity index (χ3v) is 4.67. The minimum atomic E-state index is -1.64. The predicted octanol–water partition coefficient (Wildman–Crippen LogP) is 4.07. The number of carboxylic acids is 1. The van der Waals surface area contributed by atoms with Gasteiger partial charge in [-0.2, -0.15) is 0 Å². The van der Waals surface area contributed by atoms with Crippen molar-refractivity contribution in [2.24, 2.45) is 0 Å². The van der Waals surface area contributed by atoms with E-state index < -0.39 is 17.6 Å². The Labute approximate surface area is 183 Å². The second-order valence-electron chi connectivity index (χ2n) is 8.52. The summed E-state index contributed by atoms with van der Waals surface area (Å²) in [5.74, 6) is -0.551. The van der Waals surface area contributed by atoms with Crippen LogP contribution >= 0.6 is 0 Å². The number of rotatable bonds is 10. The average molecular weight is 429 g/mol. The molecule has 0 saturated carbocycles. The fraction of sp³-hybridized carbons (Fsp3) is 0.417. The Morgan fingerprint density at radius 1 is 0.968 bits per heavy atom. The second-order valence-corrected chi connectivity index (χ2v) is 8.52. The van der Waals surface area contributed by atoms with E-state index in [1.165, 1.54) is 6.92 Å². The van der Waals surface area contributed by atoms with Crippen molar-refractivity contribution < 1.29 is 24.2 Å². The lowest BCUT2D eigenvalue weighted by Gasteiger charge is -2.26. The summed E-state index contributed by atoms with van der Waals surface area (Å²) in [7, 11) is 0. The summed E-state index contributed by atoms with van der Waals surface area (Å²) in [6, 6.07) is 15.8. The number of ether oxygens (including phenoxy) is 2. The minimum absolute atomic E-state index is 0.0548. The van der Waals surface area contributed by atoms with Gasteiger partial charge in [0, 0.05) is 5.54 Å². The summed E-state index contributed by atoms with van der Waals surface area (Å²) in [5.41, 5.74) is -0.339. The van der Waals surface area contributed by atoms with Gasteiger partial charge in [0.1, 0.15) is 12.4 Å². The van der Waals surface area contributed by atoms with E-state index in [2.05, 4.69) is 31.4 Å². The molecule has 2 rings (SSSR count). The van der Waals surface area contributed by atoms with Crippen molar-refractivity contribution in [3.05, 3.63) is 65.7 Å². The molecule has 1 amide bonds. The van der Waals surface area contributed by atoms with Crippen LogP contribution in [0.3, 0.4) is 0 Å². The van der Waals surface area contributed by atoms with Gasteiger partial charge in [-0.1, -0.05) is 42.5 Å². The number of benzene rings is 2. The Morgan fingerprint density at radius 2 is 1.61 bits per heavy atom. The highest BCUT2D eigenvalue weighted by Gasteiger charge is 2.37. The van der Waals surface area contributed by atoms with Gasteiger partial charge in [0.25, 0.3) is 0 Å². The maximum Gasteiger partial charge on any atom is 0.408 e. The van der Waals surface area contributed by atoms with E-state index in [0.29, 0.717) is 17.9 Å². The van der Waals surface area contributed by atoms with Gasteiger partial charge in [0.05, 0.1) is 6.61 Å². The molecule has 7 nitrogen and oxygen atoms in total. The lowest BCUT2D eigenvalue weighted by atomic mass is 9.92. The first kappa shape index (κ1) is 24.2. The van der Waals surface area contributed by atoms with Gasteiger partial charge in [0.15, 0.2) is 5.54 Å². The van der Waals surface area contributed by atoms with Crippen LogP contribution in [-0.4, -0.2) is 35.9 Å². The van der Waals surface area contributed by atoms with Gasteiger partial charge in [-0.25, -0.2) is 9.59 Å². The predicted molar refractivity (Wildman–Crippen MR) is 119 cm³/mol. The molecule has 31 heavy (non-hydrogen) atoms. The molecule has 2 aromatic carbocycles. The van der Waals surface area contributed by atoms with Crippen LogP contribution < -0.4 is 15.4 Å². The van der Waals surface area contributed by atoms with Crippen molar-refractivity contribution in [1.29, 1.82) is 0 Å². The maximum atomic E-state index is 12.2. The van der Waals surface area contributed by atoms with Crippen LogP contribution in [0.5, 0.6) is 5.75 Å². The number of carbonyl (C=O) groups is 2. The third-order valence-electron chi connectivity index (χ3n) is 4.67. The summed E-state index contributed by atoms with van der Waals surface area (Å²) in [4.78, 5) is 24.2. The standard InChI is InChI=1S/C24H32N2O5/c1-23(2,3)25-15-8-16-30-20-13-11-19(12-14-20)24(4,21(27)28)26-22(29)31-17-18-9-6-5-7-10-18/h5-7,9-14,25H,8,15-17H2,1-4H3,(H,26,29)(H,27,28). The lowest BCUT2D eigenvalue weighted by molar-refractivity contribution is -0.144. The summed E-state index contributed by atoms with van der Waals surface area (Å²) in [6.45, 7) is 9.19. The molecule has 0 aliphatic heterocycles. The first-order chi connectivity index (χ1) is 14.6. The second kappa shape index (κ2) is 10.8. The van der Waals surface area contributed by atoms with Gasteiger partial charge < -0.3 is 25.2 Å². The van der Waals surface area contributed by atoms with E-state index in [1.807, 2.05) is 30.3 Å². The molecule has 0 spiro atoms. The Morgan fingerprint density at radius 3 is 2.19 bits per heavy atom. The quantitative estimate of drug-likeness (QED) is 0.494. The normalized spacial score (nSPS) is 13.2. The van der Waals surface area contributed by atoms with Crippen LogP contribution in [0, 0.1) is 0 Å². The summed E-state index contributed by atoms with van der Waals surface area (Å²) in [6.07, 6.45) is 0.0427. The van der Waals surface area contributed by atoms with Gasteiger partial charge in [-0.05, 0) is 63.9 Å². The highest BCUT2D eigenvalue weighted by Crippen LogP contribution is 2.24. The van der Waals surface area contributed by atoms with Crippen LogP contribution in [0.4, 0.5) is 4.79 Å². The van der Waals surface area contributed by atoms with Crippen LogP contribution in [-0.2, 0) is 21.7 Å². The highest BCUT2D eigenvalue weighted by molar-refractivity contribution is 5.85. The third kappa shape index (κ3) is 7.94. The van der Waals surface area contributed by atoms with Crippen molar-refractivity contribution in [2.75, 3.05) is 13.2 Å². The number of alkyl carbamates (subject to hydrolysis) is 1. The first-order valence-corrected chi connectivity index (χ1v) is 10.3. The summed E-state index contributed by atoms with van der Waals surface area (Å²) < 4.78 is 10.9. The van der Waals surface area contributed by atoms with Crippen molar-refractivity contribution >= 4 is 12.1 Å². The molecule has 7 heteroatoms. The highest BCUT2D eigenvalue weighted by atomic mass is 16.5. The molecule has 0 aromatic heterocycles. The fourth-order valence-electron chi connectivity index (χ4n) is 2.82. The molecule has 0 saturated heterocycles. The van der Waals surface area contributed by atoms with Gasteiger partial charge >= 0.3 is 12.1 Å². The van der Waals surface area contributed by atoms with Crippen molar-refractivity contribution in [3.8, 4) is 5.75 Å². The molecule has 1 unspecified atom stereocenters. The Kier molecular flexibility index (Phi) is 8.45. The van der Waals surface area contributed by atoms with Crippen LogP contribution in [0.2, 0.25) is 0 Å². The lowest BCUT2D eigenvalue weighted by Crippen LogP contribution is -2.49. The molecule has 0 aliphatic carbocycles. The molecule has 0 bridgehead atoms. The SMILES string of the molecule is CC(C)(C)NCCCOc1ccc(C(C)(NC(=O)OCc2ccccc2)C(=O)O)cc1. The number of carbonyl (C=O) groups excluding carboxylic acids is 1. The molecular formula is C24H32N2O5. The number of amides is 1. The summed E-state index contributed by atoms with van der Waals surface area (Å²) >= 11 is 0. The van der Waals surface area contributed by atoms with E-state index in [4.69, 9.17) is 9.47 Å². The number of aliphatic carboxylic acids is 1. The number of hydrogen-bond acceptors (Lipinski definition) is 5. The molecule has 3 N–H and O–H groups in total. The number of carboxylic acid groups (broad SMARTS) is 1. The molecule has 0 heterocycles. The van der Waals surface area contributed by atoms with Crippen molar-refractivity contribution in [3.63, 3.8) is 0 Å². The zero-order valence-electron chi connectivity index (χ0n) is 18.6. The zero-order chi connectivity index (χ0) is 22.9. The number of hydrogen-bond donors (Lipinski definition) is 3. The fourth-order valence-corrected chi connectivity index (χ4v) is 2.82. The topological polar surface area (TPSA) is 96.9 Å². The zero-order valence-corrected chi connectivity index (χ0v) is 18.6. The molecule has 0 radical (unpaired) electrons. The van der Waals surface area contributed by atoms with E-state index in [9.17, 15) is 14.7 Å². The van der Waals surface area contributed by atoms with E-state index in [0.717, 1.165) is 18.5 Å². The molecule has 0 aliphatic rings. The Balaban J connectivity index is 1.92. The van der Waals surface area contributed by atoms with Crippen molar-refractivity contribution in [1.82, 2.24) is 10.6 Å². The molecule has 168 valence electrons. The maximum absolute atomic E-state index is 12.2. The van der Waals surface area contributed by atoms with Crippen LogP contribution in [0.25, 0.3) is 0 Å². The van der Waals surface area contributed by atoms with Gasteiger partial charge in [-0.15, -0.1) is 0 Å². The summed E-state index contributed by atoms with van der Waals surface area (Å²) in [5, 5.41) is 15.6.